The van der Waals surface area contributed by atoms with E-state index in [-0.39, 0.29) is 29.9 Å². The Morgan fingerprint density at radius 3 is 2.19 bits per heavy atom. The number of aliphatic imine (C=N–C) groups is 1. The quantitative estimate of drug-likeness (QED) is 0.333. The Labute approximate surface area is 202 Å². The van der Waals surface area contributed by atoms with Gasteiger partial charge in [-0.05, 0) is 36.3 Å². The zero-order valence-electron chi connectivity index (χ0n) is 18.7. The van der Waals surface area contributed by atoms with Crippen molar-refractivity contribution in [1.29, 1.82) is 0 Å². The molecule has 0 atom stereocenters. The van der Waals surface area contributed by atoms with Gasteiger partial charge in [0.1, 0.15) is 0 Å². The third-order valence-corrected chi connectivity index (χ3v) is 5.58. The van der Waals surface area contributed by atoms with Crippen LogP contribution >= 0.6 is 24.0 Å². The highest BCUT2D eigenvalue weighted by atomic mass is 127. The number of carbonyl (C=O) groups is 1. The highest BCUT2D eigenvalue weighted by molar-refractivity contribution is 14.0. The van der Waals surface area contributed by atoms with E-state index >= 15 is 0 Å². The molecule has 3 rings (SSSR count). The number of amides is 1. The molecule has 7 nitrogen and oxygen atoms in total. The highest BCUT2D eigenvalue weighted by Gasteiger charge is 2.25. The van der Waals surface area contributed by atoms with Crippen molar-refractivity contribution in [3.8, 4) is 0 Å². The molecule has 0 spiro atoms. The summed E-state index contributed by atoms with van der Waals surface area (Å²) in [7, 11) is 1.80. The SMILES string of the molecule is CCN(CC)Cc1ccc(CNC(=NC)N2CCN(C(=O)c3ccco3)CC2)cc1.I. The fourth-order valence-corrected chi connectivity index (χ4v) is 3.66. The van der Waals surface area contributed by atoms with Gasteiger partial charge >= 0.3 is 0 Å². The van der Waals surface area contributed by atoms with Gasteiger partial charge in [-0.15, -0.1) is 24.0 Å². The van der Waals surface area contributed by atoms with E-state index in [2.05, 4.69) is 58.2 Å². The maximum absolute atomic E-state index is 12.4. The number of benzene rings is 1. The summed E-state index contributed by atoms with van der Waals surface area (Å²) in [6.45, 7) is 11.0. The summed E-state index contributed by atoms with van der Waals surface area (Å²) in [4.78, 5) is 23.3. The van der Waals surface area contributed by atoms with Crippen molar-refractivity contribution in [3.63, 3.8) is 0 Å². The van der Waals surface area contributed by atoms with E-state index in [0.717, 1.165) is 45.2 Å². The predicted octanol–water partition coefficient (Wildman–Crippen LogP) is 3.27. The van der Waals surface area contributed by atoms with E-state index < -0.39 is 0 Å². The van der Waals surface area contributed by atoms with Crippen LogP contribution in [0.15, 0.2) is 52.1 Å². The van der Waals surface area contributed by atoms with Crippen LogP contribution in [-0.2, 0) is 13.1 Å². The Bertz CT molecular complexity index is 811. The molecule has 1 saturated heterocycles. The van der Waals surface area contributed by atoms with Gasteiger partial charge < -0.3 is 19.5 Å². The lowest BCUT2D eigenvalue weighted by molar-refractivity contribution is 0.0657. The fraction of sp³-hybridized carbons (Fsp3) is 0.478. The first kappa shape index (κ1) is 25.2. The van der Waals surface area contributed by atoms with Gasteiger partial charge in [-0.1, -0.05) is 38.1 Å². The fourth-order valence-electron chi connectivity index (χ4n) is 3.66. The van der Waals surface area contributed by atoms with Gasteiger partial charge in [0, 0.05) is 46.3 Å². The van der Waals surface area contributed by atoms with E-state index in [9.17, 15) is 4.79 Å². The highest BCUT2D eigenvalue weighted by Crippen LogP contribution is 2.11. The third-order valence-electron chi connectivity index (χ3n) is 5.58. The van der Waals surface area contributed by atoms with Crippen LogP contribution in [0.3, 0.4) is 0 Å². The minimum Gasteiger partial charge on any atom is -0.459 e. The van der Waals surface area contributed by atoms with E-state index in [1.807, 2.05) is 4.90 Å². The summed E-state index contributed by atoms with van der Waals surface area (Å²) < 4.78 is 5.23. The summed E-state index contributed by atoms with van der Waals surface area (Å²) in [5, 5.41) is 3.45. The van der Waals surface area contributed by atoms with Gasteiger partial charge in [0.25, 0.3) is 5.91 Å². The summed E-state index contributed by atoms with van der Waals surface area (Å²) in [5.41, 5.74) is 2.57. The molecule has 1 aromatic heterocycles. The van der Waals surface area contributed by atoms with Crippen molar-refractivity contribution in [1.82, 2.24) is 20.0 Å². The number of halogens is 1. The number of furan rings is 1. The van der Waals surface area contributed by atoms with Crippen molar-refractivity contribution in [2.75, 3.05) is 46.3 Å². The van der Waals surface area contributed by atoms with Crippen molar-refractivity contribution in [2.24, 2.45) is 4.99 Å². The largest absolute Gasteiger partial charge is 0.459 e. The van der Waals surface area contributed by atoms with Gasteiger partial charge in [-0.2, -0.15) is 0 Å². The normalized spacial score (nSPS) is 14.5. The molecule has 0 aliphatic carbocycles. The van der Waals surface area contributed by atoms with Crippen LogP contribution in [0.1, 0.15) is 35.5 Å². The monoisotopic (exact) mass is 539 g/mol. The minimum absolute atomic E-state index is 0. The average Bonchev–Trinajstić information content (AvgIpc) is 3.34. The molecule has 31 heavy (non-hydrogen) atoms. The van der Waals surface area contributed by atoms with Gasteiger partial charge in [0.15, 0.2) is 11.7 Å². The van der Waals surface area contributed by atoms with Crippen LogP contribution in [0.25, 0.3) is 0 Å². The Morgan fingerprint density at radius 1 is 1.03 bits per heavy atom. The second kappa shape index (κ2) is 12.7. The standard InChI is InChI=1S/C23H33N5O2.HI/c1-4-26(5-2)18-20-10-8-19(9-11-20)17-25-23(24-3)28-14-12-27(13-15-28)22(29)21-7-6-16-30-21;/h6-11,16H,4-5,12-15,17-18H2,1-3H3,(H,24,25);1H. The summed E-state index contributed by atoms with van der Waals surface area (Å²) in [6.07, 6.45) is 1.53. The Hall–Kier alpha value is -2.07. The Balaban J connectivity index is 0.00000341. The van der Waals surface area contributed by atoms with Crippen LogP contribution in [0.4, 0.5) is 0 Å². The molecule has 1 fully saturated rings. The number of carbonyl (C=O) groups excluding carboxylic acids is 1. The molecule has 1 N–H and O–H groups in total. The number of piperazine rings is 1. The topological polar surface area (TPSA) is 64.3 Å². The molecule has 8 heteroatoms. The molecule has 170 valence electrons. The van der Waals surface area contributed by atoms with E-state index in [0.29, 0.717) is 18.8 Å². The lowest BCUT2D eigenvalue weighted by Gasteiger charge is -2.36. The molecule has 2 heterocycles. The predicted molar refractivity (Wildman–Crippen MR) is 135 cm³/mol. The average molecular weight is 539 g/mol. The molecule has 1 amide bonds. The van der Waals surface area contributed by atoms with Crippen molar-refractivity contribution < 1.29 is 9.21 Å². The first-order chi connectivity index (χ1) is 14.6. The third kappa shape index (κ3) is 6.96. The van der Waals surface area contributed by atoms with E-state index in [1.54, 1.807) is 19.2 Å². The van der Waals surface area contributed by atoms with Crippen LogP contribution < -0.4 is 5.32 Å². The van der Waals surface area contributed by atoms with Crippen LogP contribution in [0, 0.1) is 0 Å². The van der Waals surface area contributed by atoms with Crippen LogP contribution in [0.5, 0.6) is 0 Å². The van der Waals surface area contributed by atoms with Crippen molar-refractivity contribution >= 4 is 35.8 Å². The van der Waals surface area contributed by atoms with E-state index in [4.69, 9.17) is 4.42 Å². The number of guanidine groups is 1. The Morgan fingerprint density at radius 2 is 1.65 bits per heavy atom. The van der Waals surface area contributed by atoms with Crippen LogP contribution in [-0.4, -0.2) is 72.9 Å². The first-order valence-electron chi connectivity index (χ1n) is 10.7. The molecule has 1 aromatic carbocycles. The van der Waals surface area contributed by atoms with Gasteiger partial charge in [0.2, 0.25) is 0 Å². The van der Waals surface area contributed by atoms with Gasteiger partial charge in [-0.25, -0.2) is 0 Å². The molecule has 0 saturated carbocycles. The molecular formula is C23H34IN5O2. The lowest BCUT2D eigenvalue weighted by Crippen LogP contribution is -2.53. The Kier molecular flexibility index (Phi) is 10.3. The molecule has 0 unspecified atom stereocenters. The molecule has 0 bridgehead atoms. The first-order valence-corrected chi connectivity index (χ1v) is 10.7. The number of nitrogens with one attached hydrogen (secondary N) is 1. The number of nitrogens with zero attached hydrogens (tertiary/aromatic N) is 4. The number of rotatable bonds is 7. The maximum atomic E-state index is 12.4. The van der Waals surface area contributed by atoms with Crippen LogP contribution in [0.2, 0.25) is 0 Å². The van der Waals surface area contributed by atoms with Gasteiger partial charge in [-0.3, -0.25) is 14.7 Å². The molecule has 2 aromatic rings. The second-order valence-electron chi connectivity index (χ2n) is 7.44. The summed E-state index contributed by atoms with van der Waals surface area (Å²) in [6, 6.07) is 12.2. The molecule has 1 aliphatic rings. The van der Waals surface area contributed by atoms with E-state index in [1.165, 1.54) is 17.4 Å². The summed E-state index contributed by atoms with van der Waals surface area (Å²) >= 11 is 0. The maximum Gasteiger partial charge on any atom is 0.289 e. The van der Waals surface area contributed by atoms with Crippen molar-refractivity contribution in [3.05, 3.63) is 59.5 Å². The zero-order valence-corrected chi connectivity index (χ0v) is 21.0. The summed E-state index contributed by atoms with van der Waals surface area (Å²) in [5.74, 6) is 1.22. The number of hydrogen-bond acceptors (Lipinski definition) is 4. The number of hydrogen-bond donors (Lipinski definition) is 1. The smallest absolute Gasteiger partial charge is 0.289 e. The van der Waals surface area contributed by atoms with Crippen molar-refractivity contribution in [2.45, 2.75) is 26.9 Å². The molecule has 1 aliphatic heterocycles. The molecular weight excluding hydrogens is 505 g/mol. The van der Waals surface area contributed by atoms with Gasteiger partial charge in [0.05, 0.1) is 6.26 Å². The second-order valence-corrected chi connectivity index (χ2v) is 7.44. The zero-order chi connectivity index (χ0) is 21.3. The minimum atomic E-state index is -0.0487. The molecule has 0 radical (unpaired) electrons. The lowest BCUT2D eigenvalue weighted by atomic mass is 10.1.